The Morgan fingerprint density at radius 1 is 0.781 bits per heavy atom. The topological polar surface area (TPSA) is 28.7 Å². The van der Waals surface area contributed by atoms with Gasteiger partial charge in [-0.15, -0.1) is 0 Å². The van der Waals surface area contributed by atoms with Gasteiger partial charge >= 0.3 is 0 Å². The molecule has 152 valence electrons. The zero-order chi connectivity index (χ0) is 21.9. The first-order valence-electron chi connectivity index (χ1n) is 10.7. The molecule has 0 N–H and O–H groups in total. The summed E-state index contributed by atoms with van der Waals surface area (Å²) in [5, 5.41) is 11.5. The Kier molecular flexibility index (Phi) is 5.15. The lowest BCUT2D eigenvalue weighted by Crippen LogP contribution is -1.92. The minimum atomic E-state index is 0.606. The predicted molar refractivity (Wildman–Crippen MR) is 134 cm³/mol. The molecule has 0 spiro atoms. The van der Waals surface area contributed by atoms with Gasteiger partial charge in [0.15, 0.2) is 0 Å². The second kappa shape index (κ2) is 8.41. The van der Waals surface area contributed by atoms with Gasteiger partial charge in [0.05, 0.1) is 17.1 Å². The van der Waals surface area contributed by atoms with Gasteiger partial charge in [-0.05, 0) is 53.4 Å². The lowest BCUT2D eigenvalue weighted by Gasteiger charge is -2.08. The van der Waals surface area contributed by atoms with Gasteiger partial charge in [-0.1, -0.05) is 85.5 Å². The highest BCUT2D eigenvalue weighted by atomic mass is 15.0. The number of benzene rings is 4. The van der Waals surface area contributed by atoms with Gasteiger partial charge in [-0.25, -0.2) is 0 Å². The second-order valence-corrected chi connectivity index (χ2v) is 7.80. The molecule has 32 heavy (non-hydrogen) atoms. The van der Waals surface area contributed by atoms with Crippen LogP contribution in [-0.4, -0.2) is 4.57 Å². The first kappa shape index (κ1) is 19.6. The number of aromatic nitrogens is 1. The van der Waals surface area contributed by atoms with Crippen LogP contribution >= 0.6 is 0 Å². The van der Waals surface area contributed by atoms with Crippen LogP contribution in [-0.2, 0) is 6.42 Å². The molecule has 0 bridgehead atoms. The third kappa shape index (κ3) is 3.51. The summed E-state index contributed by atoms with van der Waals surface area (Å²) < 4.78 is 2.33. The van der Waals surface area contributed by atoms with Crippen molar-refractivity contribution in [1.29, 1.82) is 5.26 Å². The van der Waals surface area contributed by atoms with E-state index in [-0.39, 0.29) is 0 Å². The quantitative estimate of drug-likeness (QED) is 0.216. The minimum Gasteiger partial charge on any atom is -0.309 e. The van der Waals surface area contributed by atoms with E-state index >= 15 is 0 Å². The summed E-state index contributed by atoms with van der Waals surface area (Å²) in [4.78, 5) is 0. The molecule has 5 rings (SSSR count). The number of nitriles is 1. The van der Waals surface area contributed by atoms with E-state index < -0.39 is 0 Å². The van der Waals surface area contributed by atoms with Crippen LogP contribution in [0.5, 0.6) is 0 Å². The molecular formula is C30H22N2. The fourth-order valence-electron chi connectivity index (χ4n) is 4.24. The van der Waals surface area contributed by atoms with Crippen molar-refractivity contribution >= 4 is 21.8 Å². The molecule has 0 amide bonds. The number of fused-ring (bicyclic) bond motifs is 3. The van der Waals surface area contributed by atoms with E-state index in [0.29, 0.717) is 5.57 Å². The summed E-state index contributed by atoms with van der Waals surface area (Å²) in [5.41, 5.74) is 7.74. The van der Waals surface area contributed by atoms with Crippen molar-refractivity contribution in [3.63, 3.8) is 0 Å². The maximum atomic E-state index is 9.04. The third-order valence-electron chi connectivity index (χ3n) is 5.88. The summed E-state index contributed by atoms with van der Waals surface area (Å²) in [6.07, 6.45) is 4.22. The number of hydrogen-bond acceptors (Lipinski definition) is 1. The molecule has 0 radical (unpaired) electrons. The van der Waals surface area contributed by atoms with E-state index in [0.717, 1.165) is 6.42 Å². The standard InChI is InChI=1S/C30H22N2/c1-2-22(21-31)12-13-23-14-16-24(17-15-23)25-18-19-30-28(20-25)27-10-6-7-11-29(27)32(30)26-8-4-3-5-9-26/h2-12,14-20H,1,13H2/b22-12+. The molecule has 0 aliphatic rings. The lowest BCUT2D eigenvalue weighted by atomic mass is 10.0. The molecule has 5 aromatic rings. The van der Waals surface area contributed by atoms with Crippen molar-refractivity contribution < 1.29 is 0 Å². The number of allylic oxidation sites excluding steroid dienone is 3. The Balaban J connectivity index is 1.57. The van der Waals surface area contributed by atoms with Crippen LogP contribution in [0.4, 0.5) is 0 Å². The molecule has 0 saturated carbocycles. The van der Waals surface area contributed by atoms with Crippen molar-refractivity contribution in [3.05, 3.63) is 127 Å². The second-order valence-electron chi connectivity index (χ2n) is 7.80. The van der Waals surface area contributed by atoms with E-state index in [1.54, 1.807) is 6.08 Å². The predicted octanol–water partition coefficient (Wildman–Crippen LogP) is 7.63. The van der Waals surface area contributed by atoms with Crippen LogP contribution in [0.2, 0.25) is 0 Å². The SMILES string of the molecule is C=C/C(C#N)=C\Cc1ccc(-c2ccc3c(c2)c2ccccc2n3-c2ccccc2)cc1. The largest absolute Gasteiger partial charge is 0.309 e. The van der Waals surface area contributed by atoms with E-state index in [9.17, 15) is 0 Å². The van der Waals surface area contributed by atoms with Crippen molar-refractivity contribution in [1.82, 2.24) is 4.57 Å². The van der Waals surface area contributed by atoms with Gasteiger partial charge in [-0.2, -0.15) is 5.26 Å². The molecule has 2 nitrogen and oxygen atoms in total. The first-order valence-corrected chi connectivity index (χ1v) is 10.7. The third-order valence-corrected chi connectivity index (χ3v) is 5.88. The Morgan fingerprint density at radius 2 is 1.47 bits per heavy atom. The summed E-state index contributed by atoms with van der Waals surface area (Å²) >= 11 is 0. The molecule has 0 atom stereocenters. The zero-order valence-corrected chi connectivity index (χ0v) is 17.7. The molecule has 0 fully saturated rings. The highest BCUT2D eigenvalue weighted by molar-refractivity contribution is 6.10. The van der Waals surface area contributed by atoms with Crippen LogP contribution in [0.3, 0.4) is 0 Å². The normalized spacial score (nSPS) is 11.5. The van der Waals surface area contributed by atoms with E-state index in [4.69, 9.17) is 5.26 Å². The molecule has 0 unspecified atom stereocenters. The van der Waals surface area contributed by atoms with Crippen molar-refractivity contribution in [2.24, 2.45) is 0 Å². The number of para-hydroxylation sites is 2. The maximum absolute atomic E-state index is 9.04. The Bertz CT molecular complexity index is 1490. The average molecular weight is 411 g/mol. The Labute approximate surface area is 188 Å². The molecule has 0 aliphatic carbocycles. The lowest BCUT2D eigenvalue weighted by molar-refractivity contribution is 1.18. The molecule has 0 saturated heterocycles. The van der Waals surface area contributed by atoms with Crippen molar-refractivity contribution in [2.45, 2.75) is 6.42 Å². The number of rotatable bonds is 5. The molecular weight excluding hydrogens is 388 g/mol. The van der Waals surface area contributed by atoms with Crippen molar-refractivity contribution in [3.8, 4) is 22.9 Å². The minimum absolute atomic E-state index is 0.606. The van der Waals surface area contributed by atoms with E-state index in [1.807, 2.05) is 12.1 Å². The van der Waals surface area contributed by atoms with Gasteiger partial charge in [-0.3, -0.25) is 0 Å². The van der Waals surface area contributed by atoms with Gasteiger partial charge in [0.2, 0.25) is 0 Å². The highest BCUT2D eigenvalue weighted by Crippen LogP contribution is 2.34. The van der Waals surface area contributed by atoms with Crippen LogP contribution in [0.1, 0.15) is 5.56 Å². The van der Waals surface area contributed by atoms with Gasteiger partial charge < -0.3 is 4.57 Å². The summed E-state index contributed by atoms with van der Waals surface area (Å²) in [7, 11) is 0. The summed E-state index contributed by atoms with van der Waals surface area (Å²) in [6.45, 7) is 3.67. The van der Waals surface area contributed by atoms with E-state index in [1.165, 1.54) is 44.2 Å². The molecule has 1 aromatic heterocycles. The molecule has 2 heteroatoms. The zero-order valence-electron chi connectivity index (χ0n) is 17.7. The molecule has 1 heterocycles. The smallest absolute Gasteiger partial charge is 0.0988 e. The van der Waals surface area contributed by atoms with Gasteiger partial charge in [0.1, 0.15) is 0 Å². The molecule has 4 aromatic carbocycles. The average Bonchev–Trinajstić information content (AvgIpc) is 3.19. The highest BCUT2D eigenvalue weighted by Gasteiger charge is 2.12. The van der Waals surface area contributed by atoms with Crippen molar-refractivity contribution in [2.75, 3.05) is 0 Å². The fourth-order valence-corrected chi connectivity index (χ4v) is 4.24. The van der Waals surface area contributed by atoms with Gasteiger partial charge in [0.25, 0.3) is 0 Å². The fraction of sp³-hybridized carbons (Fsp3) is 0.0333. The summed E-state index contributed by atoms with van der Waals surface area (Å²) in [5.74, 6) is 0. The van der Waals surface area contributed by atoms with Crippen LogP contribution < -0.4 is 0 Å². The van der Waals surface area contributed by atoms with E-state index in [2.05, 4.69) is 108 Å². The van der Waals surface area contributed by atoms with Gasteiger partial charge in [0, 0.05) is 22.0 Å². The van der Waals surface area contributed by atoms with Crippen LogP contribution in [0.25, 0.3) is 38.6 Å². The monoisotopic (exact) mass is 410 g/mol. The maximum Gasteiger partial charge on any atom is 0.0988 e. The number of nitrogens with zero attached hydrogens (tertiary/aromatic N) is 2. The Hall–Kier alpha value is -4.35. The summed E-state index contributed by atoms with van der Waals surface area (Å²) in [6, 6.07) is 36.5. The van der Waals surface area contributed by atoms with Crippen LogP contribution in [0, 0.1) is 11.3 Å². The number of hydrogen-bond donors (Lipinski definition) is 0. The molecule has 0 aliphatic heterocycles. The first-order chi connectivity index (χ1) is 15.8. The Morgan fingerprint density at radius 3 is 2.22 bits per heavy atom. The van der Waals surface area contributed by atoms with Crippen LogP contribution in [0.15, 0.2) is 121 Å².